The molecule has 5 rings (SSSR count). The summed E-state index contributed by atoms with van der Waals surface area (Å²) in [6, 6.07) is 9.76. The SMILES string of the molecule is COc1nc(N(C)C)ncc1-n1nc2c(c1C(C)C)[C@H](c1ccc(C#N)cc1)N(c1cc(Cl)c[nH]c1=O)C2=O. The maximum atomic E-state index is 14.0. The van der Waals surface area contributed by atoms with Gasteiger partial charge in [0.25, 0.3) is 11.5 Å². The number of nitrogens with zero attached hydrogens (tertiary/aromatic N) is 7. The fourth-order valence-corrected chi connectivity index (χ4v) is 4.92. The Morgan fingerprint density at radius 3 is 2.51 bits per heavy atom. The second-order valence-electron chi connectivity index (χ2n) is 9.52. The number of anilines is 2. The highest BCUT2D eigenvalue weighted by atomic mass is 35.5. The van der Waals surface area contributed by atoms with Crippen molar-refractivity contribution in [2.45, 2.75) is 25.8 Å². The van der Waals surface area contributed by atoms with Crippen LogP contribution in [-0.4, -0.2) is 51.8 Å². The molecule has 1 atom stereocenters. The molecule has 1 amide bonds. The number of methoxy groups -OCH3 is 1. The van der Waals surface area contributed by atoms with Crippen LogP contribution in [-0.2, 0) is 0 Å². The van der Waals surface area contributed by atoms with Crippen molar-refractivity contribution >= 4 is 29.1 Å². The number of pyridine rings is 1. The second kappa shape index (κ2) is 9.89. The number of aromatic nitrogens is 5. The van der Waals surface area contributed by atoms with Crippen LogP contribution < -0.4 is 20.1 Å². The molecule has 0 unspecified atom stereocenters. The molecule has 12 heteroatoms. The standard InChI is InChI=1S/C27H25ClN8O3/c1-14(2)22-20-21(33-36(22)19-13-31-27(34(3)4)32-25(19)39-5)26(38)35(18-10-17(28)12-30-24(18)37)23(20)16-8-6-15(11-29)7-9-16/h6-10,12-14,23H,1-5H3,(H,30,37)/t23-/m0/s1. The van der Waals surface area contributed by atoms with Crippen LogP contribution >= 0.6 is 11.6 Å². The van der Waals surface area contributed by atoms with Crippen LogP contribution in [0.2, 0.25) is 5.02 Å². The summed E-state index contributed by atoms with van der Waals surface area (Å²) in [4.78, 5) is 41.6. The quantitative estimate of drug-likeness (QED) is 0.387. The van der Waals surface area contributed by atoms with E-state index in [1.807, 2.05) is 27.9 Å². The lowest BCUT2D eigenvalue weighted by Gasteiger charge is -2.27. The first kappa shape index (κ1) is 25.9. The second-order valence-corrected chi connectivity index (χ2v) is 9.95. The summed E-state index contributed by atoms with van der Waals surface area (Å²) in [7, 11) is 5.15. The van der Waals surface area contributed by atoms with Gasteiger partial charge in [-0.1, -0.05) is 37.6 Å². The molecule has 0 aliphatic carbocycles. The molecule has 4 heterocycles. The summed E-state index contributed by atoms with van der Waals surface area (Å²) < 4.78 is 7.23. The van der Waals surface area contributed by atoms with Crippen molar-refractivity contribution in [2.75, 3.05) is 31.0 Å². The van der Waals surface area contributed by atoms with Gasteiger partial charge in [-0.25, -0.2) is 9.67 Å². The van der Waals surface area contributed by atoms with E-state index in [0.29, 0.717) is 34.2 Å². The minimum absolute atomic E-state index is 0.0948. The molecule has 0 saturated carbocycles. The van der Waals surface area contributed by atoms with Crippen molar-refractivity contribution in [3.63, 3.8) is 0 Å². The Bertz CT molecular complexity index is 1680. The first-order chi connectivity index (χ1) is 18.7. The molecule has 1 aromatic carbocycles. The lowest BCUT2D eigenvalue weighted by molar-refractivity contribution is 0.0988. The van der Waals surface area contributed by atoms with Gasteiger partial charge in [-0.15, -0.1) is 0 Å². The molecule has 198 valence electrons. The number of rotatable bonds is 6. The molecular weight excluding hydrogens is 520 g/mol. The van der Waals surface area contributed by atoms with Gasteiger partial charge < -0.3 is 14.6 Å². The van der Waals surface area contributed by atoms with E-state index in [-0.39, 0.29) is 22.3 Å². The minimum atomic E-state index is -0.709. The number of benzene rings is 1. The highest BCUT2D eigenvalue weighted by Crippen LogP contribution is 2.45. The molecule has 1 N–H and O–H groups in total. The molecule has 39 heavy (non-hydrogen) atoms. The Labute approximate surface area is 229 Å². The van der Waals surface area contributed by atoms with Gasteiger partial charge in [-0.3, -0.25) is 14.5 Å². The monoisotopic (exact) mass is 544 g/mol. The molecule has 4 aromatic rings. The third-order valence-corrected chi connectivity index (χ3v) is 6.69. The van der Waals surface area contributed by atoms with Crippen LogP contribution in [0.1, 0.15) is 58.7 Å². The molecule has 0 saturated heterocycles. The summed E-state index contributed by atoms with van der Waals surface area (Å²) in [5.41, 5.74) is 2.82. The number of nitrogens with one attached hydrogen (secondary N) is 1. The van der Waals surface area contributed by atoms with Crippen molar-refractivity contribution in [3.8, 4) is 17.6 Å². The molecule has 1 aliphatic rings. The van der Waals surface area contributed by atoms with E-state index in [4.69, 9.17) is 21.4 Å². The Morgan fingerprint density at radius 2 is 1.90 bits per heavy atom. The number of carbonyl (C=O) groups excluding carboxylic acids is 1. The number of fused-ring (bicyclic) bond motifs is 1. The molecule has 3 aromatic heterocycles. The number of nitriles is 1. The largest absolute Gasteiger partial charge is 0.479 e. The normalized spacial score (nSPS) is 14.5. The number of carbonyl (C=O) groups is 1. The Morgan fingerprint density at radius 1 is 1.18 bits per heavy atom. The van der Waals surface area contributed by atoms with Gasteiger partial charge >= 0.3 is 0 Å². The van der Waals surface area contributed by atoms with Crippen molar-refractivity contribution in [1.29, 1.82) is 5.26 Å². The Balaban J connectivity index is 1.79. The summed E-state index contributed by atoms with van der Waals surface area (Å²) in [5, 5.41) is 14.3. The number of aromatic amines is 1. The predicted octanol–water partition coefficient (Wildman–Crippen LogP) is 3.82. The van der Waals surface area contributed by atoms with Crippen molar-refractivity contribution in [3.05, 3.63) is 86.2 Å². The van der Waals surface area contributed by atoms with Crippen LogP contribution in [0.3, 0.4) is 0 Å². The van der Waals surface area contributed by atoms with Gasteiger partial charge in [-0.2, -0.15) is 15.3 Å². The van der Waals surface area contributed by atoms with Crippen molar-refractivity contribution in [2.24, 2.45) is 0 Å². The maximum Gasteiger partial charge on any atom is 0.280 e. The van der Waals surface area contributed by atoms with Crippen molar-refractivity contribution < 1.29 is 9.53 Å². The van der Waals surface area contributed by atoms with Gasteiger partial charge in [-0.05, 0) is 29.7 Å². The highest BCUT2D eigenvalue weighted by molar-refractivity contribution is 6.30. The average molecular weight is 545 g/mol. The summed E-state index contributed by atoms with van der Waals surface area (Å²) in [6.07, 6.45) is 2.98. The van der Waals surface area contributed by atoms with E-state index in [1.54, 1.807) is 40.0 Å². The summed E-state index contributed by atoms with van der Waals surface area (Å²) >= 11 is 6.22. The minimum Gasteiger partial charge on any atom is -0.479 e. The molecule has 1 aliphatic heterocycles. The first-order valence-electron chi connectivity index (χ1n) is 12.1. The number of hydrogen-bond donors (Lipinski definition) is 1. The van der Waals surface area contributed by atoms with E-state index >= 15 is 0 Å². The summed E-state index contributed by atoms with van der Waals surface area (Å²) in [5.74, 6) is 0.185. The molecule has 11 nitrogen and oxygen atoms in total. The van der Waals surface area contributed by atoms with Crippen LogP contribution in [0.5, 0.6) is 5.88 Å². The zero-order valence-electron chi connectivity index (χ0n) is 21.9. The van der Waals surface area contributed by atoms with E-state index < -0.39 is 17.5 Å². The fourth-order valence-electron chi connectivity index (χ4n) is 4.76. The van der Waals surface area contributed by atoms with E-state index in [9.17, 15) is 14.9 Å². The van der Waals surface area contributed by atoms with Gasteiger partial charge in [0.2, 0.25) is 11.8 Å². The number of hydrogen-bond acceptors (Lipinski definition) is 8. The van der Waals surface area contributed by atoms with Gasteiger partial charge in [0.05, 0.1) is 41.7 Å². The Kier molecular flexibility index (Phi) is 6.57. The Hall–Kier alpha value is -4.69. The molecule has 0 spiro atoms. The molecular formula is C27H25ClN8O3. The number of amides is 1. The van der Waals surface area contributed by atoms with E-state index in [2.05, 4.69) is 21.0 Å². The van der Waals surface area contributed by atoms with Crippen LogP contribution in [0.25, 0.3) is 5.69 Å². The predicted molar refractivity (Wildman–Crippen MR) is 146 cm³/mol. The smallest absolute Gasteiger partial charge is 0.280 e. The first-order valence-corrected chi connectivity index (χ1v) is 12.5. The van der Waals surface area contributed by atoms with Crippen LogP contribution in [0, 0.1) is 11.3 Å². The zero-order valence-corrected chi connectivity index (χ0v) is 22.7. The maximum absolute atomic E-state index is 14.0. The van der Waals surface area contributed by atoms with E-state index in [0.717, 1.165) is 5.69 Å². The number of H-pyrrole nitrogens is 1. The van der Waals surface area contributed by atoms with Gasteiger partial charge in [0, 0.05) is 25.9 Å². The van der Waals surface area contributed by atoms with Crippen LogP contribution in [0.4, 0.5) is 11.6 Å². The van der Waals surface area contributed by atoms with Gasteiger partial charge in [0.1, 0.15) is 11.4 Å². The third kappa shape index (κ3) is 4.28. The van der Waals surface area contributed by atoms with Crippen LogP contribution in [0.15, 0.2) is 47.5 Å². The summed E-state index contributed by atoms with van der Waals surface area (Å²) in [6.45, 7) is 3.98. The average Bonchev–Trinajstić information content (AvgIpc) is 3.44. The fraction of sp³-hybridized carbons (Fsp3) is 0.259. The molecule has 0 fully saturated rings. The number of ether oxygens (including phenoxy) is 1. The van der Waals surface area contributed by atoms with E-state index in [1.165, 1.54) is 24.3 Å². The number of halogens is 1. The topological polar surface area (TPSA) is 133 Å². The van der Waals surface area contributed by atoms with Crippen molar-refractivity contribution in [1.82, 2.24) is 24.7 Å². The lowest BCUT2D eigenvalue weighted by atomic mass is 9.94. The third-order valence-electron chi connectivity index (χ3n) is 6.47. The van der Waals surface area contributed by atoms with Gasteiger partial charge in [0.15, 0.2) is 5.69 Å². The lowest BCUT2D eigenvalue weighted by Crippen LogP contribution is -2.34. The zero-order chi connectivity index (χ0) is 28.0. The highest BCUT2D eigenvalue weighted by Gasteiger charge is 2.46. The molecule has 0 radical (unpaired) electrons. The molecule has 0 bridgehead atoms.